The van der Waals surface area contributed by atoms with E-state index < -0.39 is 6.29 Å². The van der Waals surface area contributed by atoms with Gasteiger partial charge in [-0.05, 0) is 54.7 Å². The van der Waals surface area contributed by atoms with Crippen LogP contribution in [0.25, 0.3) is 33.4 Å². The van der Waals surface area contributed by atoms with E-state index in [2.05, 4.69) is 30.3 Å². The molecule has 7 heteroatoms. The summed E-state index contributed by atoms with van der Waals surface area (Å²) in [6.45, 7) is 0. The Bertz CT molecular complexity index is 1490. The van der Waals surface area contributed by atoms with Gasteiger partial charge in [-0.3, -0.25) is 4.98 Å². The summed E-state index contributed by atoms with van der Waals surface area (Å²) in [5.74, 6) is 0.392. The maximum atomic E-state index is 10.5. The molecular formula is C27H26N5O2+. The fourth-order valence-electron chi connectivity index (χ4n) is 4.75. The Hall–Kier alpha value is -3.65. The van der Waals surface area contributed by atoms with Crippen LogP contribution in [0.2, 0.25) is 0 Å². The van der Waals surface area contributed by atoms with E-state index in [0.29, 0.717) is 5.82 Å². The molecule has 2 aromatic carbocycles. The largest absolute Gasteiger partial charge is 0.359 e. The third-order valence-electron chi connectivity index (χ3n) is 6.90. The summed E-state index contributed by atoms with van der Waals surface area (Å²) in [6.07, 6.45) is 5.77. The Balaban J connectivity index is 1.58. The standard InChI is InChI=1S/C27H26N5O2/c1-34-26(33)24-30-32(21-10-8-20(9-11-21)27(28)13-5-14-27)25-22-16-19(18-6-3-2-4-7-18)17-29-23(22)12-15-31(24)25/h2-4,6-12,15-17,26,33H,5,13-14,28H2,1H3/q+1. The number of hydrogen-bond donors (Lipinski definition) is 2. The van der Waals surface area contributed by atoms with Crippen molar-refractivity contribution < 1.29 is 14.2 Å². The second kappa shape index (κ2) is 7.99. The molecule has 7 nitrogen and oxygen atoms in total. The van der Waals surface area contributed by atoms with Gasteiger partial charge in [0, 0.05) is 24.4 Å². The van der Waals surface area contributed by atoms with Gasteiger partial charge in [-0.15, -0.1) is 0 Å². The van der Waals surface area contributed by atoms with Gasteiger partial charge in [-0.2, -0.15) is 4.40 Å². The van der Waals surface area contributed by atoms with E-state index in [1.165, 1.54) is 13.5 Å². The number of pyridine rings is 2. The van der Waals surface area contributed by atoms with Crippen LogP contribution in [0.4, 0.5) is 0 Å². The molecule has 0 spiro atoms. The molecule has 1 aliphatic rings. The number of nitrogens with zero attached hydrogens (tertiary/aromatic N) is 4. The Labute approximate surface area is 197 Å². The fourth-order valence-corrected chi connectivity index (χ4v) is 4.75. The zero-order chi connectivity index (χ0) is 23.3. The Morgan fingerprint density at radius 2 is 1.82 bits per heavy atom. The summed E-state index contributed by atoms with van der Waals surface area (Å²) in [5, 5.41) is 16.2. The van der Waals surface area contributed by atoms with Gasteiger partial charge in [0.05, 0.1) is 22.2 Å². The molecule has 34 heavy (non-hydrogen) atoms. The predicted octanol–water partition coefficient (Wildman–Crippen LogP) is 3.80. The molecule has 6 rings (SSSR count). The van der Waals surface area contributed by atoms with Crippen LogP contribution in [0.1, 0.15) is 36.9 Å². The molecule has 3 aromatic heterocycles. The molecule has 1 atom stereocenters. The number of ether oxygens (including phenoxy) is 1. The van der Waals surface area contributed by atoms with Crippen molar-refractivity contribution in [3.8, 4) is 16.8 Å². The number of aromatic nitrogens is 4. The molecule has 170 valence electrons. The van der Waals surface area contributed by atoms with Crippen molar-refractivity contribution in [1.82, 2.24) is 14.8 Å². The van der Waals surface area contributed by atoms with Crippen LogP contribution < -0.4 is 10.1 Å². The molecule has 5 aromatic rings. The highest BCUT2D eigenvalue weighted by Crippen LogP contribution is 2.38. The normalized spacial score (nSPS) is 16.0. The Kier molecular flexibility index (Phi) is 4.91. The van der Waals surface area contributed by atoms with Gasteiger partial charge >= 0.3 is 5.82 Å². The second-order valence-corrected chi connectivity index (χ2v) is 8.95. The topological polar surface area (TPSA) is 90.3 Å². The van der Waals surface area contributed by atoms with Crippen LogP contribution >= 0.6 is 0 Å². The lowest BCUT2D eigenvalue weighted by Crippen LogP contribution is -2.43. The summed E-state index contributed by atoms with van der Waals surface area (Å²) in [7, 11) is 1.46. The molecule has 1 fully saturated rings. The summed E-state index contributed by atoms with van der Waals surface area (Å²) in [6, 6.07) is 22.4. The molecule has 1 unspecified atom stereocenters. The minimum atomic E-state index is -1.17. The average Bonchev–Trinajstić information content (AvgIpc) is 3.27. The van der Waals surface area contributed by atoms with Crippen molar-refractivity contribution in [3.05, 3.63) is 90.5 Å². The van der Waals surface area contributed by atoms with Crippen LogP contribution in [-0.2, 0) is 10.3 Å². The zero-order valence-corrected chi connectivity index (χ0v) is 18.9. The van der Waals surface area contributed by atoms with Crippen molar-refractivity contribution in [2.45, 2.75) is 31.1 Å². The minimum Gasteiger partial charge on any atom is -0.359 e. The Morgan fingerprint density at radius 1 is 1.06 bits per heavy atom. The lowest BCUT2D eigenvalue weighted by molar-refractivity contribution is -0.533. The van der Waals surface area contributed by atoms with E-state index in [-0.39, 0.29) is 5.54 Å². The second-order valence-electron chi connectivity index (χ2n) is 8.95. The maximum Gasteiger partial charge on any atom is 0.339 e. The number of methoxy groups -OCH3 is 1. The van der Waals surface area contributed by atoms with Crippen molar-refractivity contribution in [2.75, 3.05) is 7.11 Å². The third kappa shape index (κ3) is 3.28. The number of rotatable bonds is 5. The number of fused-ring (bicyclic) bond motifs is 3. The quantitative estimate of drug-likeness (QED) is 0.313. The number of benzene rings is 2. The van der Waals surface area contributed by atoms with Gasteiger partial charge in [0.2, 0.25) is 0 Å². The van der Waals surface area contributed by atoms with Crippen LogP contribution in [0.15, 0.2) is 79.1 Å². The van der Waals surface area contributed by atoms with Crippen molar-refractivity contribution in [2.24, 2.45) is 5.73 Å². The molecule has 0 radical (unpaired) electrons. The van der Waals surface area contributed by atoms with Gasteiger partial charge < -0.3 is 15.6 Å². The zero-order valence-electron chi connectivity index (χ0n) is 18.9. The highest BCUT2D eigenvalue weighted by atomic mass is 16.6. The van der Waals surface area contributed by atoms with Crippen LogP contribution in [0.3, 0.4) is 0 Å². The van der Waals surface area contributed by atoms with Crippen LogP contribution in [0.5, 0.6) is 0 Å². The van der Waals surface area contributed by atoms with Crippen molar-refractivity contribution in [1.29, 1.82) is 0 Å². The van der Waals surface area contributed by atoms with Gasteiger partial charge in [-0.25, -0.2) is 0 Å². The highest BCUT2D eigenvalue weighted by Gasteiger charge is 2.35. The van der Waals surface area contributed by atoms with E-state index >= 15 is 0 Å². The van der Waals surface area contributed by atoms with E-state index in [4.69, 9.17) is 20.6 Å². The summed E-state index contributed by atoms with van der Waals surface area (Å²) < 4.78 is 8.91. The molecule has 1 saturated carbocycles. The number of aliphatic hydroxyl groups is 1. The van der Waals surface area contributed by atoms with E-state index in [1.807, 2.05) is 57.9 Å². The van der Waals surface area contributed by atoms with Gasteiger partial charge in [0.1, 0.15) is 5.69 Å². The van der Waals surface area contributed by atoms with Crippen molar-refractivity contribution in [3.63, 3.8) is 0 Å². The monoisotopic (exact) mass is 452 g/mol. The molecule has 3 heterocycles. The first-order chi connectivity index (χ1) is 16.6. The number of aliphatic hydroxyl groups excluding tert-OH is 1. The van der Waals surface area contributed by atoms with E-state index in [0.717, 1.165) is 51.8 Å². The van der Waals surface area contributed by atoms with Crippen LogP contribution in [0, 0.1) is 0 Å². The van der Waals surface area contributed by atoms with E-state index in [1.54, 1.807) is 0 Å². The third-order valence-corrected chi connectivity index (χ3v) is 6.90. The van der Waals surface area contributed by atoms with E-state index in [9.17, 15) is 5.11 Å². The molecule has 1 aliphatic carbocycles. The maximum absolute atomic E-state index is 10.5. The molecule has 0 aliphatic heterocycles. The lowest BCUT2D eigenvalue weighted by atomic mass is 9.73. The first-order valence-corrected chi connectivity index (χ1v) is 11.5. The predicted molar refractivity (Wildman–Crippen MR) is 129 cm³/mol. The number of nitrogens with two attached hydrogens (primary N) is 1. The molecule has 0 saturated heterocycles. The smallest absolute Gasteiger partial charge is 0.339 e. The lowest BCUT2D eigenvalue weighted by Gasteiger charge is -2.38. The van der Waals surface area contributed by atoms with Gasteiger partial charge in [-0.1, -0.05) is 47.1 Å². The summed E-state index contributed by atoms with van der Waals surface area (Å²) >= 11 is 0. The fraction of sp³-hybridized carbons (Fsp3) is 0.222. The molecule has 3 N–H and O–H groups in total. The van der Waals surface area contributed by atoms with Crippen LogP contribution in [-0.4, -0.2) is 27.0 Å². The van der Waals surface area contributed by atoms with Crippen molar-refractivity contribution >= 4 is 16.6 Å². The average molecular weight is 453 g/mol. The first-order valence-electron chi connectivity index (χ1n) is 11.5. The SMILES string of the molecule is COC(O)c1nn(-c2ccc(C3(N)CCC3)cc2)c2c3cc(-c4ccccc4)cnc3cc[n+]12. The number of hydrogen-bond acceptors (Lipinski definition) is 5. The van der Waals surface area contributed by atoms with Gasteiger partial charge in [0.15, 0.2) is 0 Å². The van der Waals surface area contributed by atoms with Gasteiger partial charge in [0.25, 0.3) is 11.9 Å². The molecule has 0 bridgehead atoms. The summed E-state index contributed by atoms with van der Waals surface area (Å²) in [4.78, 5) is 4.72. The minimum absolute atomic E-state index is 0.224. The first kappa shape index (κ1) is 20.9. The molecule has 0 amide bonds. The molecular weight excluding hydrogens is 426 g/mol. The highest BCUT2D eigenvalue weighted by molar-refractivity contribution is 5.92. The summed E-state index contributed by atoms with van der Waals surface area (Å²) in [5.41, 5.74) is 12.0. The Morgan fingerprint density at radius 3 is 2.50 bits per heavy atom.